The summed E-state index contributed by atoms with van der Waals surface area (Å²) in [6.45, 7) is 2.04. The summed E-state index contributed by atoms with van der Waals surface area (Å²) in [7, 11) is 2.97. The number of hydrogen-bond donors (Lipinski definition) is 0. The van der Waals surface area contributed by atoms with Gasteiger partial charge in [-0.1, -0.05) is 5.21 Å². The molecule has 0 saturated carbocycles. The van der Waals surface area contributed by atoms with E-state index in [-0.39, 0.29) is 12.5 Å². The maximum Gasteiger partial charge on any atom is 0.327 e. The fourth-order valence-electron chi connectivity index (χ4n) is 1.61. The minimum absolute atomic E-state index is 0.0271. The molecule has 0 atom stereocenters. The second-order valence-electron chi connectivity index (χ2n) is 3.59. The molecule has 0 aliphatic rings. The lowest BCUT2D eigenvalue weighted by Gasteiger charge is -2.05. The summed E-state index contributed by atoms with van der Waals surface area (Å²) >= 11 is 0. The minimum atomic E-state index is -0.385. The molecule has 2 aromatic heterocycles. The first kappa shape index (κ1) is 13.1. The first-order valence-electron chi connectivity index (χ1n) is 5.67. The highest BCUT2D eigenvalue weighted by molar-refractivity contribution is 5.82. The van der Waals surface area contributed by atoms with Crippen molar-refractivity contribution >= 4 is 17.0 Å². The van der Waals surface area contributed by atoms with Gasteiger partial charge in [0.1, 0.15) is 12.1 Å². The average molecular weight is 266 g/mol. The van der Waals surface area contributed by atoms with Crippen LogP contribution in [0.3, 0.4) is 0 Å². The molecule has 0 N–H and O–H groups in total. The van der Waals surface area contributed by atoms with Gasteiger partial charge >= 0.3 is 5.97 Å². The van der Waals surface area contributed by atoms with Gasteiger partial charge in [-0.15, -0.1) is 5.10 Å². The Balaban J connectivity index is 2.43. The van der Waals surface area contributed by atoms with Gasteiger partial charge in [-0.05, 0) is 6.92 Å². The monoisotopic (exact) mass is 266 g/mol. The SMILES string of the molecule is CCOC(=O)Cn1nnc2c(OC)nc(OC)cc21. The number of aromatic nitrogens is 4. The van der Waals surface area contributed by atoms with Gasteiger partial charge in [0.15, 0.2) is 5.52 Å². The average Bonchev–Trinajstić information content (AvgIpc) is 2.81. The van der Waals surface area contributed by atoms with Crippen molar-refractivity contribution in [2.45, 2.75) is 13.5 Å². The normalized spacial score (nSPS) is 10.5. The number of pyridine rings is 1. The standard InChI is InChI=1S/C11H14N4O4/c1-4-19-9(16)6-15-7-5-8(17-2)12-11(18-3)10(7)13-14-15/h5H,4,6H2,1-3H3. The molecule has 0 aromatic carbocycles. The molecule has 0 amide bonds. The first-order chi connectivity index (χ1) is 9.19. The van der Waals surface area contributed by atoms with Crippen LogP contribution in [0.1, 0.15) is 6.92 Å². The Morgan fingerprint density at radius 1 is 1.37 bits per heavy atom. The van der Waals surface area contributed by atoms with E-state index in [0.717, 1.165) is 0 Å². The summed E-state index contributed by atoms with van der Waals surface area (Å²) in [5.41, 5.74) is 1.06. The van der Waals surface area contributed by atoms with E-state index in [0.29, 0.717) is 29.4 Å². The minimum Gasteiger partial charge on any atom is -0.481 e. The molecule has 0 unspecified atom stereocenters. The van der Waals surface area contributed by atoms with Crippen LogP contribution in [-0.4, -0.2) is 46.8 Å². The lowest BCUT2D eigenvalue weighted by molar-refractivity contribution is -0.143. The van der Waals surface area contributed by atoms with Crippen molar-refractivity contribution in [3.63, 3.8) is 0 Å². The van der Waals surface area contributed by atoms with Crippen LogP contribution in [0.5, 0.6) is 11.8 Å². The third-order valence-electron chi connectivity index (χ3n) is 2.43. The Morgan fingerprint density at radius 2 is 2.16 bits per heavy atom. The number of hydrogen-bond acceptors (Lipinski definition) is 7. The Labute approximate surface area is 109 Å². The molecule has 8 nitrogen and oxygen atoms in total. The maximum absolute atomic E-state index is 11.5. The second kappa shape index (κ2) is 5.51. The van der Waals surface area contributed by atoms with Crippen molar-refractivity contribution in [2.24, 2.45) is 0 Å². The van der Waals surface area contributed by atoms with E-state index in [2.05, 4.69) is 15.3 Å². The van der Waals surface area contributed by atoms with Crippen molar-refractivity contribution < 1.29 is 19.0 Å². The molecular weight excluding hydrogens is 252 g/mol. The van der Waals surface area contributed by atoms with Crippen LogP contribution in [0.25, 0.3) is 11.0 Å². The zero-order chi connectivity index (χ0) is 13.8. The number of methoxy groups -OCH3 is 2. The smallest absolute Gasteiger partial charge is 0.327 e. The molecule has 0 fully saturated rings. The Hall–Kier alpha value is -2.38. The number of ether oxygens (including phenoxy) is 3. The van der Waals surface area contributed by atoms with E-state index in [4.69, 9.17) is 14.2 Å². The molecule has 2 rings (SSSR count). The molecule has 0 saturated heterocycles. The number of esters is 1. The lowest BCUT2D eigenvalue weighted by Crippen LogP contribution is -2.14. The molecule has 2 heterocycles. The van der Waals surface area contributed by atoms with Crippen LogP contribution in [0.2, 0.25) is 0 Å². The Morgan fingerprint density at radius 3 is 2.79 bits per heavy atom. The summed E-state index contributed by atoms with van der Waals surface area (Å²) in [5.74, 6) is 0.269. The van der Waals surface area contributed by atoms with E-state index >= 15 is 0 Å². The zero-order valence-corrected chi connectivity index (χ0v) is 10.9. The van der Waals surface area contributed by atoms with E-state index in [9.17, 15) is 4.79 Å². The van der Waals surface area contributed by atoms with Gasteiger partial charge < -0.3 is 14.2 Å². The molecule has 0 aliphatic heterocycles. The number of carbonyl (C=O) groups is 1. The number of nitrogens with zero attached hydrogens (tertiary/aromatic N) is 4. The van der Waals surface area contributed by atoms with Crippen LogP contribution in [0.4, 0.5) is 0 Å². The topological polar surface area (TPSA) is 88.4 Å². The van der Waals surface area contributed by atoms with Gasteiger partial charge in [0.05, 0.1) is 20.8 Å². The van der Waals surface area contributed by atoms with Crippen molar-refractivity contribution in [2.75, 3.05) is 20.8 Å². The predicted octanol–water partition coefficient (Wildman–Crippen LogP) is 0.407. The number of rotatable bonds is 5. The molecule has 8 heteroatoms. The predicted molar refractivity (Wildman–Crippen MR) is 65.1 cm³/mol. The van der Waals surface area contributed by atoms with E-state index in [1.54, 1.807) is 13.0 Å². The molecule has 19 heavy (non-hydrogen) atoms. The van der Waals surface area contributed by atoms with Gasteiger partial charge in [0.25, 0.3) is 0 Å². The van der Waals surface area contributed by atoms with Crippen molar-refractivity contribution in [1.82, 2.24) is 20.0 Å². The quantitative estimate of drug-likeness (QED) is 0.724. The Bertz CT molecular complexity index is 596. The van der Waals surface area contributed by atoms with Gasteiger partial charge in [0.2, 0.25) is 11.8 Å². The highest BCUT2D eigenvalue weighted by Crippen LogP contribution is 2.25. The number of fused-ring (bicyclic) bond motifs is 1. The van der Waals surface area contributed by atoms with Gasteiger partial charge in [-0.3, -0.25) is 4.79 Å². The summed E-state index contributed by atoms with van der Waals surface area (Å²) in [4.78, 5) is 15.6. The molecule has 0 radical (unpaired) electrons. The van der Waals surface area contributed by atoms with Gasteiger partial charge in [-0.2, -0.15) is 4.98 Å². The molecule has 0 spiro atoms. The van der Waals surface area contributed by atoms with Crippen LogP contribution >= 0.6 is 0 Å². The van der Waals surface area contributed by atoms with Crippen molar-refractivity contribution in [3.8, 4) is 11.8 Å². The lowest BCUT2D eigenvalue weighted by atomic mass is 10.4. The zero-order valence-electron chi connectivity index (χ0n) is 10.9. The van der Waals surface area contributed by atoms with Gasteiger partial charge in [-0.25, -0.2) is 4.68 Å². The third-order valence-corrected chi connectivity index (χ3v) is 2.43. The molecule has 102 valence electrons. The van der Waals surface area contributed by atoms with Crippen molar-refractivity contribution in [1.29, 1.82) is 0 Å². The molecule has 0 aliphatic carbocycles. The highest BCUT2D eigenvalue weighted by atomic mass is 16.5. The maximum atomic E-state index is 11.5. The van der Waals surface area contributed by atoms with Crippen LogP contribution in [0, 0.1) is 0 Å². The van der Waals surface area contributed by atoms with E-state index in [1.165, 1.54) is 18.9 Å². The fraction of sp³-hybridized carbons (Fsp3) is 0.455. The van der Waals surface area contributed by atoms with E-state index in [1.807, 2.05) is 0 Å². The largest absolute Gasteiger partial charge is 0.481 e. The van der Waals surface area contributed by atoms with Gasteiger partial charge in [0, 0.05) is 6.07 Å². The summed E-state index contributed by atoms with van der Waals surface area (Å²) < 4.78 is 16.5. The molecular formula is C11H14N4O4. The van der Waals surface area contributed by atoms with Crippen LogP contribution in [-0.2, 0) is 16.1 Å². The first-order valence-corrected chi connectivity index (χ1v) is 5.67. The summed E-state index contributed by atoms with van der Waals surface area (Å²) in [6, 6.07) is 1.64. The summed E-state index contributed by atoms with van der Waals surface area (Å²) in [6.07, 6.45) is 0. The van der Waals surface area contributed by atoms with Crippen LogP contribution < -0.4 is 9.47 Å². The number of carbonyl (C=O) groups excluding carboxylic acids is 1. The van der Waals surface area contributed by atoms with Crippen molar-refractivity contribution in [3.05, 3.63) is 6.07 Å². The third kappa shape index (κ3) is 2.56. The van der Waals surface area contributed by atoms with Crippen LogP contribution in [0.15, 0.2) is 6.07 Å². The fourth-order valence-corrected chi connectivity index (χ4v) is 1.61. The second-order valence-corrected chi connectivity index (χ2v) is 3.59. The molecule has 0 bridgehead atoms. The molecule has 2 aromatic rings. The summed E-state index contributed by atoms with van der Waals surface area (Å²) in [5, 5.41) is 7.83. The Kier molecular flexibility index (Phi) is 3.79. The highest BCUT2D eigenvalue weighted by Gasteiger charge is 2.16. The van der Waals surface area contributed by atoms with E-state index < -0.39 is 0 Å².